The van der Waals surface area contributed by atoms with Crippen molar-refractivity contribution in [1.82, 2.24) is 9.97 Å². The average molecular weight is 302 g/mol. The Kier molecular flexibility index (Phi) is 3.28. The molecule has 3 nitrogen and oxygen atoms in total. The maximum Gasteiger partial charge on any atom is 0.191 e. The first-order valence-electron chi connectivity index (χ1n) is 4.13. The lowest BCUT2D eigenvalue weighted by Crippen LogP contribution is -1.95. The van der Waals surface area contributed by atoms with Gasteiger partial charge in [-0.3, -0.25) is 0 Å². The molecule has 0 radical (unpaired) electrons. The molecule has 0 amide bonds. The van der Waals surface area contributed by atoms with Gasteiger partial charge >= 0.3 is 0 Å². The van der Waals surface area contributed by atoms with Gasteiger partial charge in [-0.2, -0.15) is 0 Å². The van der Waals surface area contributed by atoms with E-state index in [-0.39, 0.29) is 0 Å². The fourth-order valence-electron chi connectivity index (χ4n) is 1.07. The number of fused-ring (bicyclic) bond motifs is 1. The molecule has 6 heteroatoms. The van der Waals surface area contributed by atoms with E-state index in [4.69, 9.17) is 5.73 Å². The number of hydrogen-bond acceptors (Lipinski definition) is 5. The Morgan fingerprint density at radius 3 is 3.13 bits per heavy atom. The molecule has 15 heavy (non-hydrogen) atoms. The van der Waals surface area contributed by atoms with E-state index in [0.717, 1.165) is 20.5 Å². The lowest BCUT2D eigenvalue weighted by atomic mass is 10.4. The van der Waals surface area contributed by atoms with Crippen molar-refractivity contribution in [2.45, 2.75) is 5.16 Å². The molecule has 0 aliphatic rings. The van der Waals surface area contributed by atoms with Gasteiger partial charge in [-0.25, -0.2) is 9.97 Å². The number of nitrogen functional groups attached to an aromatic ring is 1. The lowest BCUT2D eigenvalue weighted by Gasteiger charge is -2.00. The van der Waals surface area contributed by atoms with Crippen LogP contribution in [0.15, 0.2) is 27.7 Å². The first-order chi connectivity index (χ1) is 7.16. The summed E-state index contributed by atoms with van der Waals surface area (Å²) >= 11 is 6.38. The third-order valence-corrected chi connectivity index (χ3v) is 4.08. The standard InChI is InChI=1S/C9H8BrN3S2/c1-5(10)4-15-9-12-7(11)6-2-3-14-8(6)13-9/h2-3H,1,4H2,(H2,11,12,13). The largest absolute Gasteiger partial charge is 0.383 e. The van der Waals surface area contributed by atoms with Crippen molar-refractivity contribution in [3.8, 4) is 0 Å². The third kappa shape index (κ3) is 2.50. The van der Waals surface area contributed by atoms with Gasteiger partial charge in [0, 0.05) is 5.75 Å². The van der Waals surface area contributed by atoms with Crippen LogP contribution < -0.4 is 5.73 Å². The van der Waals surface area contributed by atoms with E-state index in [1.165, 1.54) is 11.8 Å². The van der Waals surface area contributed by atoms with E-state index in [2.05, 4.69) is 32.5 Å². The average Bonchev–Trinajstić information content (AvgIpc) is 2.63. The Hall–Kier alpha value is -0.590. The van der Waals surface area contributed by atoms with Gasteiger partial charge in [-0.15, -0.1) is 11.3 Å². The zero-order chi connectivity index (χ0) is 10.8. The molecule has 78 valence electrons. The van der Waals surface area contributed by atoms with E-state index in [0.29, 0.717) is 11.0 Å². The van der Waals surface area contributed by atoms with Gasteiger partial charge in [0.1, 0.15) is 10.6 Å². The van der Waals surface area contributed by atoms with Crippen molar-refractivity contribution in [3.63, 3.8) is 0 Å². The Labute approximate surface area is 104 Å². The maximum atomic E-state index is 5.82. The molecule has 0 saturated carbocycles. The van der Waals surface area contributed by atoms with Crippen LogP contribution in [0, 0.1) is 0 Å². The van der Waals surface area contributed by atoms with Crippen LogP contribution in [0.5, 0.6) is 0 Å². The van der Waals surface area contributed by atoms with Crippen LogP contribution in [0.25, 0.3) is 10.2 Å². The van der Waals surface area contributed by atoms with Crippen LogP contribution in [-0.4, -0.2) is 15.7 Å². The Balaban J connectivity index is 2.32. The number of hydrogen-bond donors (Lipinski definition) is 1. The molecule has 2 aromatic rings. The topological polar surface area (TPSA) is 51.8 Å². The Morgan fingerprint density at radius 1 is 1.60 bits per heavy atom. The van der Waals surface area contributed by atoms with E-state index >= 15 is 0 Å². The van der Waals surface area contributed by atoms with Crippen LogP contribution in [0.4, 0.5) is 5.82 Å². The summed E-state index contributed by atoms with van der Waals surface area (Å²) in [5, 5.41) is 3.60. The van der Waals surface area contributed by atoms with Crippen molar-refractivity contribution >= 4 is 55.1 Å². The fourth-order valence-corrected chi connectivity index (χ4v) is 2.84. The number of rotatable bonds is 3. The summed E-state index contributed by atoms with van der Waals surface area (Å²) in [5.74, 6) is 1.29. The summed E-state index contributed by atoms with van der Waals surface area (Å²) in [4.78, 5) is 9.55. The van der Waals surface area contributed by atoms with Crippen molar-refractivity contribution in [1.29, 1.82) is 0 Å². The molecule has 0 aliphatic carbocycles. The highest BCUT2D eigenvalue weighted by molar-refractivity contribution is 9.11. The van der Waals surface area contributed by atoms with Gasteiger partial charge in [0.15, 0.2) is 5.16 Å². The lowest BCUT2D eigenvalue weighted by molar-refractivity contribution is 1.02. The molecule has 2 aromatic heterocycles. The van der Waals surface area contributed by atoms with E-state index in [1.54, 1.807) is 11.3 Å². The molecular formula is C9H8BrN3S2. The third-order valence-electron chi connectivity index (χ3n) is 1.69. The van der Waals surface area contributed by atoms with Crippen molar-refractivity contribution < 1.29 is 0 Å². The number of aromatic nitrogens is 2. The minimum atomic E-state index is 0.545. The maximum absolute atomic E-state index is 5.82. The summed E-state index contributed by atoms with van der Waals surface area (Å²) < 4.78 is 0.918. The Morgan fingerprint density at radius 2 is 2.40 bits per heavy atom. The predicted molar refractivity (Wildman–Crippen MR) is 70.6 cm³/mol. The Bertz CT molecular complexity index is 509. The normalized spacial score (nSPS) is 10.7. The van der Waals surface area contributed by atoms with Crippen molar-refractivity contribution in [3.05, 3.63) is 22.5 Å². The highest BCUT2D eigenvalue weighted by atomic mass is 79.9. The zero-order valence-electron chi connectivity index (χ0n) is 7.74. The first kappa shape index (κ1) is 10.9. The molecule has 0 saturated heterocycles. The monoisotopic (exact) mass is 301 g/mol. The molecule has 0 spiro atoms. The minimum Gasteiger partial charge on any atom is -0.383 e. The van der Waals surface area contributed by atoms with Gasteiger partial charge < -0.3 is 5.73 Å². The van der Waals surface area contributed by atoms with Crippen LogP contribution in [-0.2, 0) is 0 Å². The predicted octanol–water partition coefficient (Wildman–Crippen LogP) is 3.27. The van der Waals surface area contributed by atoms with E-state index < -0.39 is 0 Å². The summed E-state index contributed by atoms with van der Waals surface area (Å²) in [5.41, 5.74) is 5.82. The van der Waals surface area contributed by atoms with Crippen LogP contribution in [0.1, 0.15) is 0 Å². The highest BCUT2D eigenvalue weighted by Gasteiger charge is 2.06. The van der Waals surface area contributed by atoms with Gasteiger partial charge in [-0.05, 0) is 15.9 Å². The van der Waals surface area contributed by atoms with E-state index in [9.17, 15) is 0 Å². The molecule has 0 fully saturated rings. The molecule has 0 atom stereocenters. The number of anilines is 1. The summed E-state index contributed by atoms with van der Waals surface area (Å²) in [7, 11) is 0. The number of thiophene rings is 1. The van der Waals surface area contributed by atoms with Gasteiger partial charge in [0.25, 0.3) is 0 Å². The van der Waals surface area contributed by atoms with Gasteiger partial charge in [0.05, 0.1) is 5.39 Å². The molecular weight excluding hydrogens is 294 g/mol. The van der Waals surface area contributed by atoms with Crippen LogP contribution >= 0.6 is 39.0 Å². The van der Waals surface area contributed by atoms with Crippen LogP contribution in [0.2, 0.25) is 0 Å². The number of nitrogens with zero attached hydrogens (tertiary/aromatic N) is 2. The zero-order valence-corrected chi connectivity index (χ0v) is 11.0. The molecule has 2 heterocycles. The quantitative estimate of drug-likeness (QED) is 0.698. The summed E-state index contributed by atoms with van der Waals surface area (Å²) in [6.45, 7) is 3.76. The fraction of sp³-hybridized carbons (Fsp3) is 0.111. The number of thioether (sulfide) groups is 1. The minimum absolute atomic E-state index is 0.545. The second kappa shape index (κ2) is 4.51. The van der Waals surface area contributed by atoms with Crippen LogP contribution in [0.3, 0.4) is 0 Å². The number of nitrogens with two attached hydrogens (primary N) is 1. The van der Waals surface area contributed by atoms with Gasteiger partial charge in [-0.1, -0.05) is 34.3 Å². The molecule has 2 rings (SSSR count). The second-order valence-electron chi connectivity index (χ2n) is 2.84. The smallest absolute Gasteiger partial charge is 0.191 e. The first-order valence-corrected chi connectivity index (χ1v) is 6.79. The summed E-state index contributed by atoms with van der Waals surface area (Å²) in [6.07, 6.45) is 0. The SMILES string of the molecule is C=C(Br)CSc1nc(N)c2ccsc2n1. The van der Waals surface area contributed by atoms with Crippen molar-refractivity contribution in [2.75, 3.05) is 11.5 Å². The van der Waals surface area contributed by atoms with Gasteiger partial charge in [0.2, 0.25) is 0 Å². The molecule has 0 aromatic carbocycles. The highest BCUT2D eigenvalue weighted by Crippen LogP contribution is 2.27. The summed E-state index contributed by atoms with van der Waals surface area (Å²) in [6, 6.07) is 1.94. The second-order valence-corrected chi connectivity index (χ2v) is 5.80. The van der Waals surface area contributed by atoms with Crippen molar-refractivity contribution in [2.24, 2.45) is 0 Å². The molecule has 0 unspecified atom stereocenters. The molecule has 2 N–H and O–H groups in total. The van der Waals surface area contributed by atoms with E-state index in [1.807, 2.05) is 11.4 Å². The number of halogens is 1. The molecule has 0 aliphatic heterocycles. The molecule has 0 bridgehead atoms.